The van der Waals surface area contributed by atoms with Crippen LogP contribution in [0.1, 0.15) is 18.4 Å². The first kappa shape index (κ1) is 25.1. The Morgan fingerprint density at radius 3 is 2.65 bits per heavy atom. The predicted molar refractivity (Wildman–Crippen MR) is 118 cm³/mol. The number of alkyl halides is 1. The van der Waals surface area contributed by atoms with Gasteiger partial charge in [0, 0.05) is 24.7 Å². The monoisotopic (exact) mass is 491 g/mol. The minimum absolute atomic E-state index is 0.0545. The van der Waals surface area contributed by atoms with Crippen molar-refractivity contribution in [3.05, 3.63) is 23.8 Å². The number of amides is 1. The standard InChI is InChI=1S/C18H22ClN3O7S2/c1-11-8-12-10-14(31(26,27)28)17(22-20-2)18(24)16(12)13(9-11)21-15(23)4-3-6-29-30(25)7-5-19/h8-10,24H,3-7H2,1-2H3,(H,21,23)(H,26,27,28). The quantitative estimate of drug-likeness (QED) is 0.199. The SMILES string of the molecule is CN=Nc1c(S(=O)(=O)O)cc2cc(C)cc(NC(=O)CCCOS(=O)CCCl)c2c1O. The van der Waals surface area contributed by atoms with E-state index in [9.17, 15) is 27.1 Å². The molecule has 0 fully saturated rings. The summed E-state index contributed by atoms with van der Waals surface area (Å²) in [5.74, 6) is -0.539. The number of hydrogen-bond acceptors (Lipinski definition) is 8. The number of hydrogen-bond donors (Lipinski definition) is 3. The molecule has 31 heavy (non-hydrogen) atoms. The molecule has 170 valence electrons. The zero-order valence-electron chi connectivity index (χ0n) is 16.8. The second-order valence-electron chi connectivity index (χ2n) is 6.43. The van der Waals surface area contributed by atoms with Gasteiger partial charge in [-0.05, 0) is 36.4 Å². The van der Waals surface area contributed by atoms with Gasteiger partial charge >= 0.3 is 0 Å². The largest absolute Gasteiger partial charge is 0.505 e. The molecule has 1 unspecified atom stereocenters. The summed E-state index contributed by atoms with van der Waals surface area (Å²) in [5.41, 5.74) is 0.471. The van der Waals surface area contributed by atoms with Crippen LogP contribution in [0.5, 0.6) is 5.75 Å². The van der Waals surface area contributed by atoms with Gasteiger partial charge in [0.2, 0.25) is 5.91 Å². The van der Waals surface area contributed by atoms with Crippen LogP contribution in [0, 0.1) is 6.92 Å². The van der Waals surface area contributed by atoms with E-state index in [0.29, 0.717) is 12.0 Å². The minimum atomic E-state index is -4.69. The predicted octanol–water partition coefficient (Wildman–Crippen LogP) is 3.45. The highest BCUT2D eigenvalue weighted by molar-refractivity contribution is 7.86. The summed E-state index contributed by atoms with van der Waals surface area (Å²) in [6.45, 7) is 1.83. The van der Waals surface area contributed by atoms with Crippen molar-refractivity contribution in [2.24, 2.45) is 10.2 Å². The first-order valence-electron chi connectivity index (χ1n) is 9.03. The molecule has 0 spiro atoms. The number of carbonyl (C=O) groups is 1. The van der Waals surface area contributed by atoms with Gasteiger partial charge in [0.1, 0.15) is 10.6 Å². The van der Waals surface area contributed by atoms with Gasteiger partial charge in [0.05, 0.1) is 18.0 Å². The molecule has 3 N–H and O–H groups in total. The number of carbonyl (C=O) groups excluding carboxylic acids is 1. The Bertz CT molecular complexity index is 1140. The lowest BCUT2D eigenvalue weighted by Gasteiger charge is -2.14. The Morgan fingerprint density at radius 1 is 1.32 bits per heavy atom. The van der Waals surface area contributed by atoms with Crippen LogP contribution in [0.3, 0.4) is 0 Å². The zero-order chi connectivity index (χ0) is 23.2. The van der Waals surface area contributed by atoms with Crippen LogP contribution in [0.25, 0.3) is 10.8 Å². The minimum Gasteiger partial charge on any atom is -0.505 e. The van der Waals surface area contributed by atoms with Crippen LogP contribution >= 0.6 is 11.6 Å². The summed E-state index contributed by atoms with van der Waals surface area (Å²) in [7, 11) is -3.42. The molecule has 0 saturated carbocycles. The number of phenolic OH excluding ortho intramolecular Hbond substituents is 1. The van der Waals surface area contributed by atoms with E-state index >= 15 is 0 Å². The van der Waals surface area contributed by atoms with Crippen LogP contribution < -0.4 is 5.32 Å². The lowest BCUT2D eigenvalue weighted by molar-refractivity contribution is -0.116. The van der Waals surface area contributed by atoms with Crippen molar-refractivity contribution in [3.8, 4) is 5.75 Å². The fourth-order valence-electron chi connectivity index (χ4n) is 2.85. The fraction of sp³-hybridized carbons (Fsp3) is 0.389. The number of aromatic hydroxyl groups is 1. The molecule has 2 rings (SSSR count). The van der Waals surface area contributed by atoms with Crippen molar-refractivity contribution in [1.82, 2.24) is 0 Å². The van der Waals surface area contributed by atoms with Crippen LogP contribution in [0.4, 0.5) is 11.4 Å². The highest BCUT2D eigenvalue weighted by Gasteiger charge is 2.24. The fourth-order valence-corrected chi connectivity index (χ4v) is 4.43. The summed E-state index contributed by atoms with van der Waals surface area (Å²) in [4.78, 5) is 11.8. The summed E-state index contributed by atoms with van der Waals surface area (Å²) in [6, 6.07) is 4.34. The topological polar surface area (TPSA) is 155 Å². The van der Waals surface area contributed by atoms with Gasteiger partial charge in [0.25, 0.3) is 10.1 Å². The van der Waals surface area contributed by atoms with Crippen LogP contribution in [0.2, 0.25) is 0 Å². The number of fused-ring (bicyclic) bond motifs is 1. The van der Waals surface area contributed by atoms with Crippen LogP contribution in [-0.4, -0.2) is 53.5 Å². The van der Waals surface area contributed by atoms with Crippen molar-refractivity contribution in [3.63, 3.8) is 0 Å². The third kappa shape index (κ3) is 6.68. The van der Waals surface area contributed by atoms with Crippen LogP contribution in [-0.2, 0) is 30.2 Å². The van der Waals surface area contributed by atoms with Crippen molar-refractivity contribution < 1.29 is 31.3 Å². The summed E-state index contributed by atoms with van der Waals surface area (Å²) >= 11 is 3.97. The maximum atomic E-state index is 12.4. The summed E-state index contributed by atoms with van der Waals surface area (Å²) in [5, 5.41) is 20.9. The Kier molecular flexibility index (Phi) is 8.89. The molecule has 2 aromatic carbocycles. The molecule has 0 bridgehead atoms. The molecule has 0 heterocycles. The number of phenols is 1. The van der Waals surface area contributed by atoms with Gasteiger partial charge in [0.15, 0.2) is 16.8 Å². The Balaban J connectivity index is 2.35. The van der Waals surface area contributed by atoms with E-state index in [1.165, 1.54) is 7.05 Å². The number of rotatable bonds is 10. The van der Waals surface area contributed by atoms with Crippen molar-refractivity contribution in [2.75, 3.05) is 30.6 Å². The smallest absolute Gasteiger partial charge is 0.296 e. The number of halogens is 1. The number of nitrogens with zero attached hydrogens (tertiary/aromatic N) is 2. The Hall–Kier alpha value is -2.12. The Morgan fingerprint density at radius 2 is 2.03 bits per heavy atom. The number of aryl methyl sites for hydroxylation is 1. The summed E-state index contributed by atoms with van der Waals surface area (Å²) < 4.78 is 49.4. The van der Waals surface area contributed by atoms with Gasteiger partial charge in [-0.15, -0.1) is 11.6 Å². The van der Waals surface area contributed by atoms with Crippen molar-refractivity contribution in [1.29, 1.82) is 0 Å². The first-order valence-corrected chi connectivity index (χ1v) is 12.3. The van der Waals surface area contributed by atoms with Gasteiger partial charge in [-0.2, -0.15) is 18.6 Å². The number of nitrogens with one attached hydrogen (secondary N) is 1. The molecule has 0 aliphatic carbocycles. The molecule has 0 aromatic heterocycles. The van der Waals surface area contributed by atoms with E-state index < -0.39 is 43.4 Å². The number of benzene rings is 2. The molecule has 0 radical (unpaired) electrons. The van der Waals surface area contributed by atoms with Gasteiger partial charge in [-0.25, -0.2) is 4.21 Å². The van der Waals surface area contributed by atoms with E-state index in [1.807, 2.05) is 0 Å². The molecule has 0 aliphatic heterocycles. The normalized spacial score (nSPS) is 13.0. The van der Waals surface area contributed by atoms with E-state index in [0.717, 1.165) is 6.07 Å². The second-order valence-corrected chi connectivity index (χ2v) is 9.45. The van der Waals surface area contributed by atoms with E-state index in [-0.39, 0.29) is 41.1 Å². The van der Waals surface area contributed by atoms with Gasteiger partial charge in [-0.1, -0.05) is 6.07 Å². The van der Waals surface area contributed by atoms with Crippen molar-refractivity contribution in [2.45, 2.75) is 24.7 Å². The highest BCUT2D eigenvalue weighted by atomic mass is 35.5. The lowest BCUT2D eigenvalue weighted by Crippen LogP contribution is -2.13. The molecule has 1 atom stereocenters. The number of azo groups is 1. The molecular formula is C18H22ClN3O7S2. The molecule has 13 heteroatoms. The lowest BCUT2D eigenvalue weighted by atomic mass is 10.0. The third-order valence-corrected chi connectivity index (χ3v) is 6.30. The third-order valence-electron chi connectivity index (χ3n) is 4.05. The summed E-state index contributed by atoms with van der Waals surface area (Å²) in [6.07, 6.45) is 0.358. The highest BCUT2D eigenvalue weighted by Crippen LogP contribution is 2.44. The molecular weight excluding hydrogens is 470 g/mol. The van der Waals surface area contributed by atoms with E-state index in [4.69, 9.17) is 15.8 Å². The second kappa shape index (κ2) is 11.0. The molecule has 10 nitrogen and oxygen atoms in total. The maximum absolute atomic E-state index is 12.4. The first-order chi connectivity index (χ1) is 14.6. The molecule has 0 aliphatic rings. The van der Waals surface area contributed by atoms with Crippen molar-refractivity contribution >= 4 is 60.9 Å². The Labute approximate surface area is 187 Å². The van der Waals surface area contributed by atoms with E-state index in [2.05, 4.69) is 15.5 Å². The van der Waals surface area contributed by atoms with E-state index in [1.54, 1.807) is 19.1 Å². The molecule has 0 saturated heterocycles. The average molecular weight is 492 g/mol. The van der Waals surface area contributed by atoms with Gasteiger partial charge in [-0.3, -0.25) is 13.5 Å². The maximum Gasteiger partial charge on any atom is 0.296 e. The zero-order valence-corrected chi connectivity index (χ0v) is 19.2. The molecule has 2 aromatic rings. The number of anilines is 1. The molecule has 1 amide bonds. The van der Waals surface area contributed by atoms with Crippen LogP contribution in [0.15, 0.2) is 33.3 Å². The average Bonchev–Trinajstić information content (AvgIpc) is 2.66. The van der Waals surface area contributed by atoms with Gasteiger partial charge < -0.3 is 10.4 Å².